The Morgan fingerprint density at radius 2 is 1.47 bits per heavy atom. The largest absolute Gasteiger partial charge is 0.269 e. The molecule has 0 unspecified atom stereocenters. The molecule has 0 aliphatic rings. The van der Waals surface area contributed by atoms with E-state index in [1.807, 2.05) is 30.3 Å². The normalized spacial score (nSPS) is 11.8. The maximum absolute atomic E-state index is 12.4. The van der Waals surface area contributed by atoms with E-state index in [1.165, 1.54) is 38.1 Å². The Kier molecular flexibility index (Phi) is 4.66. The number of amides is 1. The van der Waals surface area contributed by atoms with Crippen LogP contribution in [0.3, 0.4) is 0 Å². The molecule has 0 N–H and O–H groups in total. The van der Waals surface area contributed by atoms with Gasteiger partial charge in [0, 0.05) is 13.1 Å². The monoisotopic (exact) mass is 391 g/mol. The predicted octanol–water partition coefficient (Wildman–Crippen LogP) is 6.19. The molecule has 0 aliphatic carbocycles. The molecule has 0 radical (unpaired) electrons. The van der Waals surface area contributed by atoms with Gasteiger partial charge in [-0.25, -0.2) is 5.06 Å². The van der Waals surface area contributed by atoms with Crippen LogP contribution < -0.4 is 0 Å². The maximum atomic E-state index is 12.4. The van der Waals surface area contributed by atoms with Gasteiger partial charge in [-0.05, 0) is 49.5 Å². The minimum atomic E-state index is -0.198. The summed E-state index contributed by atoms with van der Waals surface area (Å²) in [7, 11) is 1.65. The summed E-state index contributed by atoms with van der Waals surface area (Å²) in [6.07, 6.45) is 3.32. The quantitative estimate of drug-likeness (QED) is 0.203. The summed E-state index contributed by atoms with van der Waals surface area (Å²) in [5.74, 6) is -0.198. The molecule has 0 aliphatic heterocycles. The third kappa shape index (κ3) is 3.30. The van der Waals surface area contributed by atoms with Crippen LogP contribution in [0, 0.1) is 0 Å². The van der Waals surface area contributed by atoms with Gasteiger partial charge in [-0.2, -0.15) is 0 Å². The fraction of sp³-hybridized carbons (Fsp3) is 0.0741. The summed E-state index contributed by atoms with van der Waals surface area (Å²) < 4.78 is 0. The highest BCUT2D eigenvalue weighted by Gasteiger charge is 2.12. The van der Waals surface area contributed by atoms with Crippen LogP contribution in [0.1, 0.15) is 11.1 Å². The van der Waals surface area contributed by atoms with Gasteiger partial charge in [0.2, 0.25) is 0 Å². The number of benzene rings is 5. The number of rotatable bonds is 5. The van der Waals surface area contributed by atoms with E-state index < -0.39 is 0 Å². The molecule has 0 saturated carbocycles. The van der Waals surface area contributed by atoms with Crippen LogP contribution in [0.25, 0.3) is 38.4 Å². The second-order valence-electron chi connectivity index (χ2n) is 7.43. The predicted molar refractivity (Wildman–Crippen MR) is 123 cm³/mol. The number of carbonyl (C=O) groups is 1. The Morgan fingerprint density at radius 1 is 0.800 bits per heavy atom. The Bertz CT molecular complexity index is 1360. The van der Waals surface area contributed by atoms with E-state index in [4.69, 9.17) is 4.84 Å². The third-order valence-corrected chi connectivity index (χ3v) is 5.56. The Balaban J connectivity index is 1.40. The Labute approximate surface area is 175 Å². The molecule has 1 amide bonds. The number of carbonyl (C=O) groups excluding carboxylic acids is 1. The highest BCUT2D eigenvalue weighted by molar-refractivity contribution is 6.23. The topological polar surface area (TPSA) is 29.5 Å². The molecule has 3 nitrogen and oxygen atoms in total. The maximum Gasteiger partial charge on any atom is 0.269 e. The van der Waals surface area contributed by atoms with E-state index in [0.29, 0.717) is 6.61 Å². The first-order chi connectivity index (χ1) is 14.7. The van der Waals surface area contributed by atoms with E-state index in [2.05, 4.69) is 54.6 Å². The minimum absolute atomic E-state index is 0.198. The first-order valence-corrected chi connectivity index (χ1v) is 10.00. The molecule has 5 aromatic rings. The lowest BCUT2D eigenvalue weighted by atomic mass is 9.92. The van der Waals surface area contributed by atoms with E-state index in [9.17, 15) is 4.79 Å². The average molecular weight is 391 g/mol. The summed E-state index contributed by atoms with van der Waals surface area (Å²) >= 11 is 0. The molecule has 146 valence electrons. The lowest BCUT2D eigenvalue weighted by molar-refractivity contribution is -0.176. The smallest absolute Gasteiger partial charge is 0.267 e. The van der Waals surface area contributed by atoms with Gasteiger partial charge in [-0.15, -0.1) is 0 Å². The van der Waals surface area contributed by atoms with Gasteiger partial charge in [-0.3, -0.25) is 9.63 Å². The van der Waals surface area contributed by atoms with Gasteiger partial charge in [0.25, 0.3) is 5.91 Å². The van der Waals surface area contributed by atoms with Crippen LogP contribution in [0.2, 0.25) is 0 Å². The van der Waals surface area contributed by atoms with E-state index in [1.54, 1.807) is 13.1 Å². The first kappa shape index (κ1) is 18.3. The summed E-state index contributed by atoms with van der Waals surface area (Å²) in [6.45, 7) is 0.329. The molecule has 0 heterocycles. The van der Waals surface area contributed by atoms with E-state index in [0.717, 1.165) is 16.5 Å². The molecule has 0 atom stereocenters. The molecule has 5 rings (SSSR count). The number of likely N-dealkylation sites (N-methyl/N-ethyl adjacent to an activating group) is 1. The van der Waals surface area contributed by atoms with Gasteiger partial charge in [0.1, 0.15) is 6.61 Å². The summed E-state index contributed by atoms with van der Waals surface area (Å²) in [6, 6.07) is 29.0. The highest BCUT2D eigenvalue weighted by Crippen LogP contribution is 2.36. The molecule has 0 bridgehead atoms. The van der Waals surface area contributed by atoms with Crippen molar-refractivity contribution in [3.8, 4) is 0 Å². The summed E-state index contributed by atoms with van der Waals surface area (Å²) in [5, 5.41) is 8.68. The van der Waals surface area contributed by atoms with Gasteiger partial charge in [0.05, 0.1) is 0 Å². The molecule has 0 spiro atoms. The molecule has 30 heavy (non-hydrogen) atoms. The molecule has 0 aromatic heterocycles. The van der Waals surface area contributed by atoms with Gasteiger partial charge in [-0.1, -0.05) is 84.9 Å². The van der Waals surface area contributed by atoms with Crippen molar-refractivity contribution in [3.63, 3.8) is 0 Å². The molecule has 0 fully saturated rings. The van der Waals surface area contributed by atoms with Crippen LogP contribution in [0.5, 0.6) is 0 Å². The van der Waals surface area contributed by atoms with Crippen LogP contribution in [-0.2, 0) is 16.2 Å². The van der Waals surface area contributed by atoms with Crippen LogP contribution in [0.4, 0.5) is 0 Å². The zero-order valence-electron chi connectivity index (χ0n) is 16.7. The van der Waals surface area contributed by atoms with Crippen molar-refractivity contribution in [2.24, 2.45) is 0 Å². The Morgan fingerprint density at radius 3 is 2.23 bits per heavy atom. The number of hydrogen-bond donors (Lipinski definition) is 0. The van der Waals surface area contributed by atoms with Crippen LogP contribution >= 0.6 is 0 Å². The van der Waals surface area contributed by atoms with Crippen molar-refractivity contribution in [2.45, 2.75) is 6.61 Å². The third-order valence-electron chi connectivity index (χ3n) is 5.56. The van der Waals surface area contributed by atoms with Crippen LogP contribution in [0.15, 0.2) is 91.0 Å². The highest BCUT2D eigenvalue weighted by atomic mass is 16.7. The molecular weight excluding hydrogens is 370 g/mol. The van der Waals surface area contributed by atoms with Gasteiger partial charge in [0.15, 0.2) is 0 Å². The summed E-state index contributed by atoms with van der Waals surface area (Å²) in [4.78, 5) is 18.2. The van der Waals surface area contributed by atoms with Gasteiger partial charge < -0.3 is 0 Å². The van der Waals surface area contributed by atoms with Gasteiger partial charge >= 0.3 is 0 Å². The molecule has 3 heteroatoms. The number of hydrogen-bond acceptors (Lipinski definition) is 2. The second kappa shape index (κ2) is 7.62. The average Bonchev–Trinajstić information content (AvgIpc) is 2.80. The van der Waals surface area contributed by atoms with E-state index in [-0.39, 0.29) is 5.91 Å². The van der Waals surface area contributed by atoms with Crippen LogP contribution in [-0.4, -0.2) is 18.0 Å². The van der Waals surface area contributed by atoms with Crippen molar-refractivity contribution in [1.82, 2.24) is 5.06 Å². The fourth-order valence-corrected chi connectivity index (χ4v) is 3.99. The molecular formula is C27H21NO2. The lowest BCUT2D eigenvalue weighted by Crippen LogP contribution is -2.24. The standard InChI is InChI=1S/C27H21NO2/c1-28(25(29)17-10-19-6-3-2-4-7-19)30-18-23-14-13-22-12-11-20-8-5-9-21-15-16-24(23)27(22)26(20)21/h2-17H,18H2,1H3/b17-10+. The zero-order valence-corrected chi connectivity index (χ0v) is 16.7. The minimum Gasteiger partial charge on any atom is -0.267 e. The van der Waals surface area contributed by atoms with Crippen molar-refractivity contribution < 1.29 is 9.63 Å². The first-order valence-electron chi connectivity index (χ1n) is 10.00. The lowest BCUT2D eigenvalue weighted by Gasteiger charge is -2.17. The Hall–Kier alpha value is -3.69. The zero-order chi connectivity index (χ0) is 20.5. The SMILES string of the molecule is CN(OCc1ccc2ccc3cccc4ccc1c2c34)C(=O)/C=C/c1ccccc1. The molecule has 0 saturated heterocycles. The molecule has 5 aromatic carbocycles. The van der Waals surface area contributed by atoms with Crippen molar-refractivity contribution in [2.75, 3.05) is 7.05 Å². The second-order valence-corrected chi connectivity index (χ2v) is 7.43. The van der Waals surface area contributed by atoms with Crippen molar-refractivity contribution in [1.29, 1.82) is 0 Å². The number of nitrogens with zero attached hydrogens (tertiary/aromatic N) is 1. The fourth-order valence-electron chi connectivity index (χ4n) is 3.99. The van der Waals surface area contributed by atoms with Crippen molar-refractivity contribution >= 4 is 44.3 Å². The van der Waals surface area contributed by atoms with E-state index >= 15 is 0 Å². The number of hydroxylamine groups is 2. The summed E-state index contributed by atoms with van der Waals surface area (Å²) in [5.41, 5.74) is 2.04. The van der Waals surface area contributed by atoms with Crippen molar-refractivity contribution in [3.05, 3.63) is 102 Å².